The number of rotatable bonds is 10. The summed E-state index contributed by atoms with van der Waals surface area (Å²) in [5.74, 6) is -1.39. The quantitative estimate of drug-likeness (QED) is 0.196. The number of likely N-dealkylation sites (tertiary alicyclic amines) is 1. The maximum atomic E-state index is 13.0. The molecule has 6 heteroatoms. The van der Waals surface area contributed by atoms with E-state index < -0.39 is 28.1 Å². The van der Waals surface area contributed by atoms with Crippen LogP contribution in [0.25, 0.3) is 0 Å². The average Bonchev–Trinajstić information content (AvgIpc) is 2.89. The smallest absolute Gasteiger partial charge is 0.325 e. The van der Waals surface area contributed by atoms with Gasteiger partial charge in [-0.25, -0.2) is 0 Å². The highest BCUT2D eigenvalue weighted by molar-refractivity contribution is 8.01. The molecule has 3 aromatic rings. The van der Waals surface area contributed by atoms with Crippen molar-refractivity contribution >= 4 is 23.6 Å². The lowest BCUT2D eigenvalue weighted by Crippen LogP contribution is -2.64. The fraction of sp³-hybridized carbons (Fsp3) is 0.241. The van der Waals surface area contributed by atoms with Crippen molar-refractivity contribution in [2.45, 2.75) is 23.1 Å². The van der Waals surface area contributed by atoms with Crippen LogP contribution in [0, 0.1) is 5.92 Å². The summed E-state index contributed by atoms with van der Waals surface area (Å²) in [6.07, 6.45) is 0.631. The van der Waals surface area contributed by atoms with Crippen molar-refractivity contribution in [2.24, 2.45) is 5.92 Å². The summed E-state index contributed by atoms with van der Waals surface area (Å²) >= 11 is 1.57. The zero-order valence-corrected chi connectivity index (χ0v) is 20.4. The van der Waals surface area contributed by atoms with Crippen LogP contribution in [0.4, 0.5) is 0 Å². The highest BCUT2D eigenvalue weighted by atomic mass is 32.2. The summed E-state index contributed by atoms with van der Waals surface area (Å²) in [4.78, 5) is 27.0. The van der Waals surface area contributed by atoms with Gasteiger partial charge >= 0.3 is 5.97 Å². The molecule has 3 aromatic carbocycles. The molecule has 4 rings (SSSR count). The van der Waals surface area contributed by atoms with Crippen molar-refractivity contribution in [1.82, 2.24) is 4.90 Å². The lowest BCUT2D eigenvalue weighted by atomic mass is 9.84. The summed E-state index contributed by atoms with van der Waals surface area (Å²) < 4.78 is 4.46. The van der Waals surface area contributed by atoms with Crippen LogP contribution in [0.15, 0.2) is 104 Å². The van der Waals surface area contributed by atoms with E-state index in [1.807, 2.05) is 54.6 Å². The van der Waals surface area contributed by atoms with Crippen molar-refractivity contribution in [3.05, 3.63) is 120 Å². The van der Waals surface area contributed by atoms with Gasteiger partial charge in [-0.15, -0.1) is 11.8 Å². The first-order valence-corrected chi connectivity index (χ1v) is 12.5. The third-order valence-corrected chi connectivity index (χ3v) is 8.05. The Morgan fingerprint density at radius 2 is 1.46 bits per heavy atom. The van der Waals surface area contributed by atoms with Gasteiger partial charge in [0.25, 0.3) is 0 Å². The number of hydrogen-bond donors (Lipinski definition) is 1. The Bertz CT molecular complexity index is 1050. The van der Waals surface area contributed by atoms with Crippen molar-refractivity contribution < 1.29 is 19.4 Å². The molecule has 1 amide bonds. The minimum atomic E-state index is -0.861. The van der Waals surface area contributed by atoms with Crippen LogP contribution in [0.5, 0.6) is 0 Å². The van der Waals surface area contributed by atoms with Gasteiger partial charge in [-0.3, -0.25) is 9.59 Å². The molecule has 1 fully saturated rings. The molecule has 0 saturated carbocycles. The van der Waals surface area contributed by atoms with Gasteiger partial charge in [0.15, 0.2) is 0 Å². The molecule has 0 spiro atoms. The van der Waals surface area contributed by atoms with E-state index in [4.69, 9.17) is 4.74 Å². The first-order chi connectivity index (χ1) is 17.0. The highest BCUT2D eigenvalue weighted by Gasteiger charge is 2.55. The lowest BCUT2D eigenvalue weighted by molar-refractivity contribution is -0.164. The van der Waals surface area contributed by atoms with Gasteiger partial charge in [0, 0.05) is 0 Å². The number of thioether (sulfide) groups is 1. The van der Waals surface area contributed by atoms with Crippen LogP contribution in [0.3, 0.4) is 0 Å². The number of ether oxygens (including phenoxy) is 1. The number of β-lactam (4-membered cyclic amide) rings is 1. The molecule has 3 atom stereocenters. The van der Waals surface area contributed by atoms with Crippen LogP contribution >= 0.6 is 11.8 Å². The van der Waals surface area contributed by atoms with E-state index in [1.165, 1.54) is 11.0 Å². The predicted octanol–water partition coefficient (Wildman–Crippen LogP) is 4.61. The number of hydrogen-bond acceptors (Lipinski definition) is 5. The van der Waals surface area contributed by atoms with E-state index in [0.717, 1.165) is 16.7 Å². The second kappa shape index (κ2) is 10.9. The molecule has 5 nitrogen and oxygen atoms in total. The van der Waals surface area contributed by atoms with E-state index in [2.05, 4.69) is 43.0 Å². The highest BCUT2D eigenvalue weighted by Crippen LogP contribution is 2.54. The topological polar surface area (TPSA) is 66.8 Å². The summed E-state index contributed by atoms with van der Waals surface area (Å²) in [7, 11) is 0. The van der Waals surface area contributed by atoms with E-state index >= 15 is 0 Å². The van der Waals surface area contributed by atoms with E-state index in [-0.39, 0.29) is 19.1 Å². The van der Waals surface area contributed by atoms with E-state index in [0.29, 0.717) is 0 Å². The number of aliphatic hydroxyl groups is 1. The molecule has 180 valence electrons. The van der Waals surface area contributed by atoms with Gasteiger partial charge in [0.1, 0.15) is 13.2 Å². The summed E-state index contributed by atoms with van der Waals surface area (Å²) in [5, 5.41) is 10.1. The maximum absolute atomic E-state index is 13.0. The van der Waals surface area contributed by atoms with Crippen molar-refractivity contribution in [3.8, 4) is 0 Å². The molecular weight excluding hydrogens is 458 g/mol. The summed E-state index contributed by atoms with van der Waals surface area (Å²) in [5.41, 5.74) is 3.13. The minimum absolute atomic E-state index is 0.0838. The summed E-state index contributed by atoms with van der Waals surface area (Å²) in [6, 6.07) is 30.4. The number of carbonyl (C=O) groups is 2. The number of amides is 1. The Labute approximate surface area is 210 Å². The Morgan fingerprint density at radius 1 is 1.00 bits per heavy atom. The average molecular weight is 488 g/mol. The molecule has 1 aliphatic heterocycles. The van der Waals surface area contributed by atoms with Gasteiger partial charge < -0.3 is 14.7 Å². The van der Waals surface area contributed by atoms with Crippen LogP contribution in [0.1, 0.15) is 23.6 Å². The molecule has 35 heavy (non-hydrogen) atoms. The minimum Gasteiger partial charge on any atom is -0.460 e. The number of aliphatic hydroxyl groups excluding tert-OH is 1. The third-order valence-electron chi connectivity index (χ3n) is 6.20. The van der Waals surface area contributed by atoms with Gasteiger partial charge in [-0.05, 0) is 23.6 Å². The van der Waals surface area contributed by atoms with Crippen LogP contribution in [-0.2, 0) is 19.1 Å². The van der Waals surface area contributed by atoms with Gasteiger partial charge in [-0.2, -0.15) is 0 Å². The van der Waals surface area contributed by atoms with E-state index in [1.54, 1.807) is 18.7 Å². The molecule has 1 N–H and O–H groups in total. The monoisotopic (exact) mass is 487 g/mol. The number of benzene rings is 3. The van der Waals surface area contributed by atoms with Gasteiger partial charge in [-0.1, -0.05) is 104 Å². The molecule has 1 unspecified atom stereocenters. The SMILES string of the molecule is C=CCOC(=O)CN1C(=O)[C@H](C(C)O)[C@H]1SC(c1ccccc1)(c1ccccc1)c1ccccc1. The molecule has 0 bridgehead atoms. The molecule has 0 radical (unpaired) electrons. The van der Waals surface area contributed by atoms with Crippen LogP contribution in [0.2, 0.25) is 0 Å². The Morgan fingerprint density at radius 3 is 1.86 bits per heavy atom. The maximum Gasteiger partial charge on any atom is 0.325 e. The standard InChI is InChI=1S/C29H29NO4S/c1-3-19-34-25(32)20-30-27(33)26(21(2)31)28(30)35-29(22-13-7-4-8-14-22,23-15-9-5-10-16-23)24-17-11-6-12-18-24/h3-18,21,26,28,31H,1,19-20H2,2H3/t21?,26-,28+/m0/s1. The second-order valence-electron chi connectivity index (χ2n) is 8.49. The Kier molecular flexibility index (Phi) is 7.73. The van der Waals surface area contributed by atoms with Crippen molar-refractivity contribution in [2.75, 3.05) is 13.2 Å². The first kappa shape index (κ1) is 24.8. The number of esters is 1. The first-order valence-electron chi connectivity index (χ1n) is 11.6. The zero-order chi connectivity index (χ0) is 24.8. The van der Waals surface area contributed by atoms with Crippen LogP contribution < -0.4 is 0 Å². The van der Waals surface area contributed by atoms with Crippen molar-refractivity contribution in [3.63, 3.8) is 0 Å². The van der Waals surface area contributed by atoms with Gasteiger partial charge in [0.2, 0.25) is 5.91 Å². The Hall–Kier alpha value is -3.35. The predicted molar refractivity (Wildman–Crippen MR) is 139 cm³/mol. The fourth-order valence-corrected chi connectivity index (χ4v) is 6.52. The fourth-order valence-electron chi connectivity index (χ4n) is 4.54. The Balaban J connectivity index is 1.83. The van der Waals surface area contributed by atoms with Crippen LogP contribution in [-0.4, -0.2) is 46.5 Å². The molecule has 1 heterocycles. The molecule has 0 aliphatic carbocycles. The normalized spacial score (nSPS) is 18.5. The second-order valence-corrected chi connectivity index (χ2v) is 9.82. The van der Waals surface area contributed by atoms with E-state index in [9.17, 15) is 14.7 Å². The molecule has 1 saturated heterocycles. The van der Waals surface area contributed by atoms with Crippen molar-refractivity contribution in [1.29, 1.82) is 0 Å². The third kappa shape index (κ3) is 4.90. The molecule has 1 aliphatic rings. The zero-order valence-electron chi connectivity index (χ0n) is 19.6. The number of carbonyl (C=O) groups excluding carboxylic acids is 2. The summed E-state index contributed by atoms with van der Waals surface area (Å²) in [6.45, 7) is 5.09. The largest absolute Gasteiger partial charge is 0.460 e. The molecular formula is C29H29NO4S. The van der Waals surface area contributed by atoms with Gasteiger partial charge in [0.05, 0.1) is 22.1 Å². The number of nitrogens with zero attached hydrogens (tertiary/aromatic N) is 1. The lowest BCUT2D eigenvalue weighted by Gasteiger charge is -2.51. The molecule has 0 aromatic heterocycles.